The summed E-state index contributed by atoms with van der Waals surface area (Å²) in [4.78, 5) is 0. The van der Waals surface area contributed by atoms with Gasteiger partial charge in [0.05, 0.1) is 5.02 Å². The van der Waals surface area contributed by atoms with E-state index in [2.05, 4.69) is 6.92 Å². The Morgan fingerprint density at radius 2 is 1.70 bits per heavy atom. The molecule has 0 aromatic heterocycles. The summed E-state index contributed by atoms with van der Waals surface area (Å²) in [6.45, 7) is 2.28. The Hall–Kier alpha value is -1.15. The van der Waals surface area contributed by atoms with Gasteiger partial charge in [-0.25, -0.2) is 8.78 Å². The van der Waals surface area contributed by atoms with Gasteiger partial charge in [-0.3, -0.25) is 0 Å². The molecule has 0 N–H and O–H groups in total. The first-order valence-corrected chi connectivity index (χ1v) is 11.0. The first kappa shape index (κ1) is 19.2. The van der Waals surface area contributed by atoms with Crippen LogP contribution < -0.4 is 0 Å². The summed E-state index contributed by atoms with van der Waals surface area (Å²) in [6.07, 6.45) is 11.7. The van der Waals surface area contributed by atoms with Crippen molar-refractivity contribution in [1.29, 1.82) is 0 Å². The van der Waals surface area contributed by atoms with Gasteiger partial charge in [0, 0.05) is 5.39 Å². The Bertz CT molecular complexity index is 816. The SMILES string of the molecule is CCCCC1CCC2CC(c3cc(F)c4cc(Cl)c(F)cc4c3)CCC2C1. The molecule has 2 fully saturated rings. The molecule has 0 nitrogen and oxygen atoms in total. The fourth-order valence-electron chi connectivity index (χ4n) is 5.61. The zero-order valence-corrected chi connectivity index (χ0v) is 16.9. The summed E-state index contributed by atoms with van der Waals surface area (Å²) in [5, 5.41) is 1.02. The van der Waals surface area contributed by atoms with Gasteiger partial charge in [0.25, 0.3) is 0 Å². The van der Waals surface area contributed by atoms with Crippen LogP contribution in [-0.2, 0) is 0 Å². The normalized spacial score (nSPS) is 28.3. The van der Waals surface area contributed by atoms with Crippen LogP contribution in [0.2, 0.25) is 5.02 Å². The number of halogens is 3. The predicted molar refractivity (Wildman–Crippen MR) is 109 cm³/mol. The second-order valence-corrected chi connectivity index (χ2v) is 9.25. The zero-order valence-electron chi connectivity index (χ0n) is 16.1. The highest BCUT2D eigenvalue weighted by Crippen LogP contribution is 2.48. The molecule has 2 aromatic carbocycles. The summed E-state index contributed by atoms with van der Waals surface area (Å²) in [7, 11) is 0. The lowest BCUT2D eigenvalue weighted by Crippen LogP contribution is -2.30. The topological polar surface area (TPSA) is 0 Å². The lowest BCUT2D eigenvalue weighted by molar-refractivity contribution is 0.113. The molecule has 2 saturated carbocycles. The third-order valence-corrected chi connectivity index (χ3v) is 7.41. The van der Waals surface area contributed by atoms with E-state index in [0.717, 1.165) is 36.2 Å². The maximum absolute atomic E-state index is 14.6. The first-order chi connectivity index (χ1) is 13.0. The van der Waals surface area contributed by atoms with Crippen LogP contribution in [0.4, 0.5) is 8.78 Å². The number of hydrogen-bond acceptors (Lipinski definition) is 0. The number of unbranched alkanes of at least 4 members (excludes halogenated alkanes) is 1. The molecule has 3 heteroatoms. The summed E-state index contributed by atoms with van der Waals surface area (Å²) in [5.41, 5.74) is 1.04. The van der Waals surface area contributed by atoms with E-state index < -0.39 is 5.82 Å². The smallest absolute Gasteiger partial charge is 0.142 e. The second kappa shape index (κ2) is 8.07. The van der Waals surface area contributed by atoms with Gasteiger partial charge in [0.2, 0.25) is 0 Å². The van der Waals surface area contributed by atoms with Gasteiger partial charge in [0.15, 0.2) is 0 Å². The fraction of sp³-hybridized carbons (Fsp3) is 0.583. The van der Waals surface area contributed by atoms with Gasteiger partial charge in [0.1, 0.15) is 11.6 Å². The molecule has 2 aliphatic carbocycles. The van der Waals surface area contributed by atoms with E-state index in [-0.39, 0.29) is 10.8 Å². The molecule has 4 unspecified atom stereocenters. The van der Waals surface area contributed by atoms with Gasteiger partial charge in [-0.15, -0.1) is 0 Å². The van der Waals surface area contributed by atoms with Crippen molar-refractivity contribution in [2.24, 2.45) is 17.8 Å². The summed E-state index contributed by atoms with van der Waals surface area (Å²) < 4.78 is 28.5. The third kappa shape index (κ3) is 4.01. The molecule has 0 radical (unpaired) electrons. The summed E-state index contributed by atoms with van der Waals surface area (Å²) >= 11 is 5.83. The second-order valence-electron chi connectivity index (χ2n) is 8.84. The van der Waals surface area contributed by atoms with Crippen molar-refractivity contribution in [3.8, 4) is 0 Å². The van der Waals surface area contributed by atoms with E-state index in [0.29, 0.717) is 16.7 Å². The molecule has 4 atom stereocenters. The molecule has 0 aliphatic heterocycles. The standard InChI is InChI=1S/C24H29ClF2/c1-2-3-4-15-5-6-17-10-18(8-7-16(17)9-15)19-11-20-13-24(27)22(25)14-21(20)23(26)12-19/h11-18H,2-10H2,1H3. The molecule has 0 saturated heterocycles. The van der Waals surface area contributed by atoms with Crippen molar-refractivity contribution in [1.82, 2.24) is 0 Å². The van der Waals surface area contributed by atoms with Crippen molar-refractivity contribution < 1.29 is 8.78 Å². The van der Waals surface area contributed by atoms with Gasteiger partial charge in [-0.05, 0) is 84.9 Å². The Balaban J connectivity index is 1.50. The van der Waals surface area contributed by atoms with E-state index in [9.17, 15) is 8.78 Å². The van der Waals surface area contributed by atoms with Gasteiger partial charge in [-0.1, -0.05) is 50.3 Å². The van der Waals surface area contributed by atoms with Gasteiger partial charge < -0.3 is 0 Å². The molecule has 4 rings (SSSR count). The fourth-order valence-corrected chi connectivity index (χ4v) is 5.78. The van der Waals surface area contributed by atoms with Crippen LogP contribution in [0.3, 0.4) is 0 Å². The number of fused-ring (bicyclic) bond motifs is 2. The van der Waals surface area contributed by atoms with E-state index in [4.69, 9.17) is 11.6 Å². The van der Waals surface area contributed by atoms with Crippen LogP contribution in [0.5, 0.6) is 0 Å². The summed E-state index contributed by atoms with van der Waals surface area (Å²) in [6, 6.07) is 6.42. The maximum atomic E-state index is 14.6. The highest BCUT2D eigenvalue weighted by Gasteiger charge is 2.36. The molecule has 2 aromatic rings. The molecule has 2 aliphatic rings. The predicted octanol–water partition coefficient (Wildman–Crippen LogP) is 8.26. The van der Waals surface area contributed by atoms with Crippen molar-refractivity contribution in [3.63, 3.8) is 0 Å². The Morgan fingerprint density at radius 3 is 2.52 bits per heavy atom. The minimum atomic E-state index is -0.477. The van der Waals surface area contributed by atoms with E-state index in [1.54, 1.807) is 6.07 Å². The number of hydrogen-bond donors (Lipinski definition) is 0. The van der Waals surface area contributed by atoms with Gasteiger partial charge in [-0.2, -0.15) is 0 Å². The van der Waals surface area contributed by atoms with E-state index >= 15 is 0 Å². The van der Waals surface area contributed by atoms with Crippen LogP contribution >= 0.6 is 11.6 Å². The van der Waals surface area contributed by atoms with Crippen molar-refractivity contribution in [3.05, 3.63) is 46.5 Å². The van der Waals surface area contributed by atoms with E-state index in [1.165, 1.54) is 57.1 Å². The Morgan fingerprint density at radius 1 is 0.926 bits per heavy atom. The highest BCUT2D eigenvalue weighted by molar-refractivity contribution is 6.31. The van der Waals surface area contributed by atoms with E-state index in [1.807, 2.05) is 6.07 Å². The quantitative estimate of drug-likeness (QED) is 0.492. The lowest BCUT2D eigenvalue weighted by atomic mass is 9.63. The lowest BCUT2D eigenvalue weighted by Gasteiger charge is -2.42. The minimum absolute atomic E-state index is 0.0190. The van der Waals surface area contributed by atoms with Gasteiger partial charge >= 0.3 is 0 Å². The van der Waals surface area contributed by atoms with Crippen molar-refractivity contribution in [2.75, 3.05) is 0 Å². The van der Waals surface area contributed by atoms with Crippen molar-refractivity contribution >= 4 is 22.4 Å². The zero-order chi connectivity index (χ0) is 19.0. The molecule has 27 heavy (non-hydrogen) atoms. The average molecular weight is 391 g/mol. The third-order valence-electron chi connectivity index (χ3n) is 7.12. The van der Waals surface area contributed by atoms with Crippen LogP contribution in [0.15, 0.2) is 24.3 Å². The van der Waals surface area contributed by atoms with Crippen molar-refractivity contribution in [2.45, 2.75) is 70.6 Å². The molecule has 0 heterocycles. The van der Waals surface area contributed by atoms with Crippen LogP contribution in [0, 0.1) is 29.4 Å². The average Bonchev–Trinajstić information content (AvgIpc) is 2.67. The molecule has 0 bridgehead atoms. The number of benzene rings is 2. The minimum Gasteiger partial charge on any atom is -0.206 e. The van der Waals surface area contributed by atoms with Crippen LogP contribution in [0.25, 0.3) is 10.8 Å². The van der Waals surface area contributed by atoms with Crippen LogP contribution in [0.1, 0.15) is 76.2 Å². The molecule has 0 amide bonds. The maximum Gasteiger partial charge on any atom is 0.142 e. The van der Waals surface area contributed by atoms with Crippen LogP contribution in [-0.4, -0.2) is 0 Å². The first-order valence-electron chi connectivity index (χ1n) is 10.6. The Labute approximate surface area is 166 Å². The summed E-state index contributed by atoms with van der Waals surface area (Å²) in [5.74, 6) is 2.20. The Kier molecular flexibility index (Phi) is 5.73. The highest BCUT2D eigenvalue weighted by atomic mass is 35.5. The molecule has 0 spiro atoms. The monoisotopic (exact) mass is 390 g/mol. The molecular weight excluding hydrogens is 362 g/mol. The number of rotatable bonds is 4. The molecule has 146 valence electrons. The largest absolute Gasteiger partial charge is 0.206 e. The molecular formula is C24H29ClF2.